The Morgan fingerprint density at radius 3 is 2.48 bits per heavy atom. The predicted molar refractivity (Wildman–Crippen MR) is 109 cm³/mol. The van der Waals surface area contributed by atoms with Crippen LogP contribution in [0.1, 0.15) is 46.5 Å². The Bertz CT molecular complexity index is 555. The Hall–Kier alpha value is -0.930. The van der Waals surface area contributed by atoms with Crippen molar-refractivity contribution in [3.63, 3.8) is 0 Å². The smallest absolute Gasteiger partial charge is 0.410 e. The van der Waals surface area contributed by atoms with Crippen molar-refractivity contribution in [2.24, 2.45) is 23.7 Å². The van der Waals surface area contributed by atoms with Gasteiger partial charge in [-0.2, -0.15) is 5.48 Å². The van der Waals surface area contributed by atoms with Crippen molar-refractivity contribution in [3.05, 3.63) is 0 Å². The lowest BCUT2D eigenvalue weighted by molar-refractivity contribution is -0.0288. The molecule has 4 saturated heterocycles. The molecule has 4 fully saturated rings. The van der Waals surface area contributed by atoms with Crippen molar-refractivity contribution >= 4 is 6.09 Å². The van der Waals surface area contributed by atoms with Crippen molar-refractivity contribution in [3.8, 4) is 0 Å². The summed E-state index contributed by atoms with van der Waals surface area (Å²) >= 11 is 0. The molecule has 3 N–H and O–H groups in total. The van der Waals surface area contributed by atoms with Crippen molar-refractivity contribution in [2.75, 3.05) is 39.4 Å². The summed E-state index contributed by atoms with van der Waals surface area (Å²) in [5, 5.41) is 7.29. The number of carbonyl (C=O) groups is 1. The Morgan fingerprint density at radius 2 is 1.79 bits per heavy atom. The molecule has 29 heavy (non-hydrogen) atoms. The van der Waals surface area contributed by atoms with Gasteiger partial charge < -0.3 is 19.7 Å². The van der Waals surface area contributed by atoms with Gasteiger partial charge in [-0.3, -0.25) is 10.2 Å². The number of piperidine rings is 2. The summed E-state index contributed by atoms with van der Waals surface area (Å²) in [5.41, 5.74) is 2.80. The maximum atomic E-state index is 12.3. The average Bonchev–Trinajstić information content (AvgIpc) is 3.39. The fourth-order valence-electron chi connectivity index (χ4n) is 5.12. The van der Waals surface area contributed by atoms with Gasteiger partial charge in [0.05, 0.1) is 6.17 Å². The van der Waals surface area contributed by atoms with Crippen LogP contribution in [0.3, 0.4) is 0 Å². The van der Waals surface area contributed by atoms with E-state index in [0.717, 1.165) is 52.2 Å². The molecule has 0 aliphatic carbocycles. The summed E-state index contributed by atoms with van der Waals surface area (Å²) in [6, 6.07) is 0. The highest BCUT2D eigenvalue weighted by Crippen LogP contribution is 2.32. The van der Waals surface area contributed by atoms with Crippen molar-refractivity contribution in [2.45, 2.75) is 64.4 Å². The van der Waals surface area contributed by atoms with E-state index < -0.39 is 5.60 Å². The van der Waals surface area contributed by atoms with Gasteiger partial charge in [0.15, 0.2) is 0 Å². The summed E-state index contributed by atoms with van der Waals surface area (Å²) in [5.74, 6) is 2.29. The second-order valence-corrected chi connectivity index (χ2v) is 10.1. The first-order valence-electron chi connectivity index (χ1n) is 11.3. The largest absolute Gasteiger partial charge is 0.444 e. The van der Waals surface area contributed by atoms with Crippen LogP contribution >= 0.6 is 0 Å². The lowest BCUT2D eigenvalue weighted by atomic mass is 9.80. The van der Waals surface area contributed by atoms with Gasteiger partial charge in [0, 0.05) is 38.8 Å². The highest BCUT2D eigenvalue weighted by Gasteiger charge is 2.40. The first-order chi connectivity index (χ1) is 13.9. The first kappa shape index (κ1) is 21.3. The minimum absolute atomic E-state index is 0.0431. The van der Waals surface area contributed by atoms with Crippen molar-refractivity contribution in [1.82, 2.24) is 21.0 Å². The molecule has 5 atom stereocenters. The third kappa shape index (κ3) is 5.41. The number of nitrogens with zero attached hydrogens (tertiary/aromatic N) is 1. The second kappa shape index (κ2) is 9.06. The number of nitrogens with one attached hydrogen (secondary N) is 3. The maximum Gasteiger partial charge on any atom is 0.410 e. The molecular weight excluding hydrogens is 372 g/mol. The van der Waals surface area contributed by atoms with Gasteiger partial charge in [-0.1, -0.05) is 0 Å². The van der Waals surface area contributed by atoms with E-state index in [-0.39, 0.29) is 18.5 Å². The van der Waals surface area contributed by atoms with E-state index in [0.29, 0.717) is 23.7 Å². The third-order valence-electron chi connectivity index (χ3n) is 6.81. The van der Waals surface area contributed by atoms with Gasteiger partial charge >= 0.3 is 6.09 Å². The molecule has 4 rings (SSSR count). The molecular formula is C21H38N4O4. The highest BCUT2D eigenvalue weighted by molar-refractivity contribution is 5.68. The quantitative estimate of drug-likeness (QED) is 0.653. The normalized spacial score (nSPS) is 37.1. The molecule has 8 heteroatoms. The van der Waals surface area contributed by atoms with E-state index >= 15 is 0 Å². The number of hydrogen-bond acceptors (Lipinski definition) is 7. The number of hydrogen-bond donors (Lipinski definition) is 3. The zero-order chi connectivity index (χ0) is 20.4. The van der Waals surface area contributed by atoms with E-state index in [9.17, 15) is 4.79 Å². The van der Waals surface area contributed by atoms with Crippen LogP contribution < -0.4 is 16.1 Å². The number of rotatable bonds is 3. The fourth-order valence-corrected chi connectivity index (χ4v) is 5.12. The van der Waals surface area contributed by atoms with Crippen LogP contribution in [-0.4, -0.2) is 68.4 Å². The maximum absolute atomic E-state index is 12.3. The Morgan fingerprint density at radius 1 is 1.03 bits per heavy atom. The van der Waals surface area contributed by atoms with Gasteiger partial charge in [0.1, 0.15) is 11.8 Å². The monoisotopic (exact) mass is 410 g/mol. The van der Waals surface area contributed by atoms with E-state index in [4.69, 9.17) is 14.3 Å². The SMILES string of the molecule is CC(C)(C)OC(=O)N1CCC(C2NOC(C3CNCC(C4CCOC4)C3)N2)CC1. The van der Waals surface area contributed by atoms with E-state index in [2.05, 4.69) is 16.1 Å². The van der Waals surface area contributed by atoms with Crippen LogP contribution in [0, 0.1) is 23.7 Å². The van der Waals surface area contributed by atoms with Crippen LogP contribution in [0.25, 0.3) is 0 Å². The summed E-state index contributed by atoms with van der Waals surface area (Å²) < 4.78 is 11.1. The molecule has 0 aromatic heterocycles. The molecule has 4 aliphatic heterocycles. The number of hydroxylamine groups is 1. The molecule has 166 valence electrons. The molecule has 0 saturated carbocycles. The number of ether oxygens (including phenoxy) is 2. The first-order valence-corrected chi connectivity index (χ1v) is 11.3. The van der Waals surface area contributed by atoms with Crippen molar-refractivity contribution in [1.29, 1.82) is 0 Å². The zero-order valence-electron chi connectivity index (χ0n) is 18.1. The molecule has 0 radical (unpaired) electrons. The number of carbonyl (C=O) groups excluding carboxylic acids is 1. The zero-order valence-corrected chi connectivity index (χ0v) is 18.1. The van der Waals surface area contributed by atoms with Crippen LogP contribution in [0.5, 0.6) is 0 Å². The van der Waals surface area contributed by atoms with Gasteiger partial charge in [0.2, 0.25) is 0 Å². The second-order valence-electron chi connectivity index (χ2n) is 10.1. The lowest BCUT2D eigenvalue weighted by Crippen LogP contribution is -2.50. The molecule has 1 amide bonds. The van der Waals surface area contributed by atoms with Gasteiger partial charge in [0.25, 0.3) is 0 Å². The molecule has 0 spiro atoms. The summed E-state index contributed by atoms with van der Waals surface area (Å²) in [6.07, 6.45) is 4.26. The number of likely N-dealkylation sites (tertiary alicyclic amines) is 1. The van der Waals surface area contributed by atoms with Gasteiger partial charge in [-0.15, -0.1) is 0 Å². The van der Waals surface area contributed by atoms with E-state index in [1.54, 1.807) is 0 Å². The fraction of sp³-hybridized carbons (Fsp3) is 0.952. The molecule has 5 unspecified atom stereocenters. The minimum atomic E-state index is -0.444. The summed E-state index contributed by atoms with van der Waals surface area (Å²) in [6.45, 7) is 11.1. The van der Waals surface area contributed by atoms with Crippen LogP contribution in [0.2, 0.25) is 0 Å². The van der Waals surface area contributed by atoms with E-state index in [1.807, 2.05) is 25.7 Å². The van der Waals surface area contributed by atoms with Crippen LogP contribution in [0.15, 0.2) is 0 Å². The Kier molecular flexibility index (Phi) is 6.65. The highest BCUT2D eigenvalue weighted by atomic mass is 16.7. The third-order valence-corrected chi connectivity index (χ3v) is 6.81. The van der Waals surface area contributed by atoms with Gasteiger partial charge in [-0.05, 0) is 70.8 Å². The summed E-state index contributed by atoms with van der Waals surface area (Å²) in [7, 11) is 0. The van der Waals surface area contributed by atoms with Crippen molar-refractivity contribution < 1.29 is 19.1 Å². The van der Waals surface area contributed by atoms with Crippen LogP contribution in [0.4, 0.5) is 4.79 Å². The molecule has 4 aliphatic rings. The van der Waals surface area contributed by atoms with Gasteiger partial charge in [-0.25, -0.2) is 4.79 Å². The average molecular weight is 411 g/mol. The molecule has 0 aromatic carbocycles. The topological polar surface area (TPSA) is 84.1 Å². The predicted octanol–water partition coefficient (Wildman–Crippen LogP) is 1.67. The Labute approximate surface area is 174 Å². The standard InChI is InChI=1S/C21H38N4O4/c1-21(2,3)28-20(26)25-7-4-14(5-8-25)18-23-19(29-24-18)17-10-16(11-22-12-17)15-6-9-27-13-15/h14-19,22-24H,4-13H2,1-3H3. The molecule has 8 nitrogen and oxygen atoms in total. The molecule has 0 bridgehead atoms. The summed E-state index contributed by atoms with van der Waals surface area (Å²) in [4.78, 5) is 20.1. The Balaban J connectivity index is 1.22. The minimum Gasteiger partial charge on any atom is -0.444 e. The van der Waals surface area contributed by atoms with Crippen LogP contribution in [-0.2, 0) is 14.3 Å². The number of amides is 1. The lowest BCUT2D eigenvalue weighted by Gasteiger charge is -2.36. The van der Waals surface area contributed by atoms with E-state index in [1.165, 1.54) is 12.8 Å². The molecule has 4 heterocycles. The molecule has 0 aromatic rings.